The Hall–Kier alpha value is -0.410. The van der Waals surface area contributed by atoms with Crippen molar-refractivity contribution in [2.24, 2.45) is 17.6 Å². The summed E-state index contributed by atoms with van der Waals surface area (Å²) in [5, 5.41) is 0. The molecule has 0 aliphatic heterocycles. The van der Waals surface area contributed by atoms with Crippen LogP contribution in [0.25, 0.3) is 0 Å². The monoisotopic (exact) mass is 313 g/mol. The van der Waals surface area contributed by atoms with Gasteiger partial charge >= 0.3 is 0 Å². The average molecular weight is 314 g/mol. The summed E-state index contributed by atoms with van der Waals surface area (Å²) in [6.07, 6.45) is 5.65. The molecule has 3 atom stereocenters. The van der Waals surface area contributed by atoms with Gasteiger partial charge in [-0.1, -0.05) is 29.3 Å². The lowest BCUT2D eigenvalue weighted by Crippen LogP contribution is -2.37. The van der Waals surface area contributed by atoms with Gasteiger partial charge in [0.2, 0.25) is 0 Å². The lowest BCUT2D eigenvalue weighted by Gasteiger charge is -2.34. The van der Waals surface area contributed by atoms with Gasteiger partial charge in [0.05, 0.1) is 0 Å². The van der Waals surface area contributed by atoms with Gasteiger partial charge in [0, 0.05) is 10.5 Å². The van der Waals surface area contributed by atoms with Gasteiger partial charge in [0.25, 0.3) is 0 Å². The lowest BCUT2D eigenvalue weighted by atomic mass is 9.75. The number of hydrogen-bond donors (Lipinski definition) is 1. The molecule has 1 fully saturated rings. The van der Waals surface area contributed by atoms with Crippen molar-refractivity contribution in [1.29, 1.82) is 0 Å². The quantitative estimate of drug-likeness (QED) is 0.885. The van der Waals surface area contributed by atoms with Gasteiger partial charge in [-0.2, -0.15) is 0 Å². The maximum Gasteiger partial charge on any atom is 0.123 e. The summed E-state index contributed by atoms with van der Waals surface area (Å²) in [7, 11) is 0. The Morgan fingerprint density at radius 3 is 2.89 bits per heavy atom. The number of hydrogen-bond acceptors (Lipinski definition) is 1. The lowest BCUT2D eigenvalue weighted by molar-refractivity contribution is 0.227. The maximum atomic E-state index is 13.3. The maximum absolute atomic E-state index is 13.3. The Balaban J connectivity index is 2.09. The van der Waals surface area contributed by atoms with Crippen LogP contribution in [0.1, 0.15) is 38.2 Å². The van der Waals surface area contributed by atoms with Gasteiger partial charge in [-0.15, -0.1) is 0 Å². The highest BCUT2D eigenvalue weighted by atomic mass is 79.9. The fraction of sp³-hybridized carbons (Fsp3) is 0.600. The van der Waals surface area contributed by atoms with Crippen LogP contribution in [0.2, 0.25) is 0 Å². The summed E-state index contributed by atoms with van der Waals surface area (Å²) in [5.74, 6) is 1.12. The molecule has 1 aromatic rings. The Morgan fingerprint density at radius 1 is 1.39 bits per heavy atom. The molecule has 1 aromatic carbocycles. The van der Waals surface area contributed by atoms with Gasteiger partial charge in [-0.05, 0) is 61.3 Å². The van der Waals surface area contributed by atoms with Gasteiger partial charge in [-0.3, -0.25) is 0 Å². The molecule has 100 valence electrons. The third kappa shape index (κ3) is 3.33. The van der Waals surface area contributed by atoms with Crippen molar-refractivity contribution in [3.8, 4) is 0 Å². The number of benzene rings is 1. The molecule has 1 aliphatic rings. The summed E-state index contributed by atoms with van der Waals surface area (Å²) in [6, 6.07) is 5.18. The molecule has 2 N–H and O–H groups in total. The van der Waals surface area contributed by atoms with Crippen LogP contribution in [-0.2, 0) is 6.42 Å². The van der Waals surface area contributed by atoms with E-state index in [1.807, 2.05) is 0 Å². The largest absolute Gasteiger partial charge is 0.327 e. The SMILES string of the molecule is CCC1CCC(N)C(Cc2cc(F)ccc2Br)C1. The molecule has 1 saturated carbocycles. The van der Waals surface area contributed by atoms with Crippen LogP contribution >= 0.6 is 15.9 Å². The third-order valence-corrected chi connectivity index (χ3v) is 4.99. The topological polar surface area (TPSA) is 26.0 Å². The first-order valence-electron chi connectivity index (χ1n) is 6.79. The summed E-state index contributed by atoms with van der Waals surface area (Å²) in [6.45, 7) is 2.25. The van der Waals surface area contributed by atoms with E-state index in [4.69, 9.17) is 5.73 Å². The van der Waals surface area contributed by atoms with Gasteiger partial charge in [0.15, 0.2) is 0 Å². The summed E-state index contributed by atoms with van der Waals surface area (Å²) in [4.78, 5) is 0. The molecule has 0 heterocycles. The van der Waals surface area contributed by atoms with Crippen LogP contribution in [0.5, 0.6) is 0 Å². The van der Waals surface area contributed by atoms with Crippen LogP contribution < -0.4 is 5.73 Å². The van der Waals surface area contributed by atoms with Crippen LogP contribution in [0.15, 0.2) is 22.7 Å². The fourth-order valence-electron chi connectivity index (χ4n) is 2.97. The number of halogens is 2. The van der Waals surface area contributed by atoms with Crippen molar-refractivity contribution in [1.82, 2.24) is 0 Å². The van der Waals surface area contributed by atoms with E-state index < -0.39 is 0 Å². The van der Waals surface area contributed by atoms with Crippen molar-refractivity contribution in [2.45, 2.75) is 45.1 Å². The molecule has 1 nitrogen and oxygen atoms in total. The van der Waals surface area contributed by atoms with Gasteiger partial charge in [-0.25, -0.2) is 4.39 Å². The highest BCUT2D eigenvalue weighted by molar-refractivity contribution is 9.10. The minimum atomic E-state index is -0.162. The van der Waals surface area contributed by atoms with E-state index in [0.29, 0.717) is 5.92 Å². The van der Waals surface area contributed by atoms with Gasteiger partial charge < -0.3 is 5.73 Å². The molecule has 1 aliphatic carbocycles. The Labute approximate surface area is 117 Å². The highest BCUT2D eigenvalue weighted by Crippen LogP contribution is 2.33. The van der Waals surface area contributed by atoms with Gasteiger partial charge in [0.1, 0.15) is 5.82 Å². The molecule has 18 heavy (non-hydrogen) atoms. The molecule has 2 rings (SSSR count). The minimum Gasteiger partial charge on any atom is -0.327 e. The smallest absolute Gasteiger partial charge is 0.123 e. The molecule has 0 amide bonds. The molecule has 3 heteroatoms. The second-order valence-corrected chi connectivity index (χ2v) is 6.31. The first-order chi connectivity index (χ1) is 8.60. The van der Waals surface area contributed by atoms with Crippen molar-refractivity contribution in [3.63, 3.8) is 0 Å². The zero-order chi connectivity index (χ0) is 13.1. The van der Waals surface area contributed by atoms with E-state index >= 15 is 0 Å². The molecule has 0 spiro atoms. The van der Waals surface area contributed by atoms with Crippen molar-refractivity contribution >= 4 is 15.9 Å². The third-order valence-electron chi connectivity index (χ3n) is 4.22. The predicted octanol–water partition coefficient (Wildman–Crippen LogP) is 4.28. The second-order valence-electron chi connectivity index (χ2n) is 5.45. The fourth-order valence-corrected chi connectivity index (χ4v) is 3.38. The Kier molecular flexibility index (Phi) is 4.79. The summed E-state index contributed by atoms with van der Waals surface area (Å²) in [5.41, 5.74) is 7.27. The molecule has 0 radical (unpaired) electrons. The molecular formula is C15H21BrFN. The van der Waals surface area contributed by atoms with E-state index in [1.54, 1.807) is 12.1 Å². The summed E-state index contributed by atoms with van der Waals surface area (Å²) < 4.78 is 14.3. The highest BCUT2D eigenvalue weighted by Gasteiger charge is 2.27. The normalized spacial score (nSPS) is 28.3. The van der Waals surface area contributed by atoms with E-state index in [1.165, 1.54) is 25.3 Å². The average Bonchev–Trinajstić information content (AvgIpc) is 2.36. The molecule has 3 unspecified atom stereocenters. The van der Waals surface area contributed by atoms with Crippen LogP contribution in [0, 0.1) is 17.7 Å². The first-order valence-corrected chi connectivity index (χ1v) is 7.59. The standard InChI is InChI=1S/C15H21BrFN/c1-2-10-3-6-15(18)12(7-10)8-11-9-13(17)4-5-14(11)16/h4-5,9-10,12,15H,2-3,6-8,18H2,1H3. The van der Waals surface area contributed by atoms with E-state index in [9.17, 15) is 4.39 Å². The predicted molar refractivity (Wildman–Crippen MR) is 76.9 cm³/mol. The zero-order valence-electron chi connectivity index (χ0n) is 10.8. The molecular weight excluding hydrogens is 293 g/mol. The molecule has 0 bridgehead atoms. The number of rotatable bonds is 3. The van der Waals surface area contributed by atoms with Crippen LogP contribution in [0.4, 0.5) is 4.39 Å². The van der Waals surface area contributed by atoms with E-state index in [-0.39, 0.29) is 11.9 Å². The Morgan fingerprint density at radius 2 is 2.17 bits per heavy atom. The van der Waals surface area contributed by atoms with E-state index in [0.717, 1.165) is 28.8 Å². The van der Waals surface area contributed by atoms with Crippen LogP contribution in [-0.4, -0.2) is 6.04 Å². The summed E-state index contributed by atoms with van der Waals surface area (Å²) >= 11 is 3.50. The zero-order valence-corrected chi connectivity index (χ0v) is 12.4. The van der Waals surface area contributed by atoms with Crippen molar-refractivity contribution < 1.29 is 4.39 Å². The van der Waals surface area contributed by atoms with Crippen LogP contribution in [0.3, 0.4) is 0 Å². The number of nitrogens with two attached hydrogens (primary N) is 1. The first kappa shape index (κ1) is 14.0. The van der Waals surface area contributed by atoms with E-state index in [2.05, 4.69) is 22.9 Å². The molecule has 0 saturated heterocycles. The second kappa shape index (κ2) is 6.16. The van der Waals surface area contributed by atoms with Crippen molar-refractivity contribution in [3.05, 3.63) is 34.1 Å². The molecule has 0 aromatic heterocycles. The van der Waals surface area contributed by atoms with Crippen molar-refractivity contribution in [2.75, 3.05) is 0 Å². The minimum absolute atomic E-state index is 0.162. The Bertz CT molecular complexity index is 407.